The summed E-state index contributed by atoms with van der Waals surface area (Å²) in [6, 6.07) is 8.20. The largest absolute Gasteiger partial charge is 0.312 e. The Labute approximate surface area is 121 Å². The molecule has 3 nitrogen and oxygen atoms in total. The van der Waals surface area contributed by atoms with Crippen LogP contribution in [-0.4, -0.2) is 37.0 Å². The van der Waals surface area contributed by atoms with Crippen LogP contribution < -0.4 is 4.90 Å². The van der Waals surface area contributed by atoms with Gasteiger partial charge < -0.3 is 4.90 Å². The van der Waals surface area contributed by atoms with Crippen LogP contribution in [0.15, 0.2) is 36.4 Å². The van der Waals surface area contributed by atoms with Crippen LogP contribution >= 0.6 is 0 Å². The summed E-state index contributed by atoms with van der Waals surface area (Å²) in [6.07, 6.45) is 1.56. The van der Waals surface area contributed by atoms with Crippen molar-refractivity contribution in [1.29, 1.82) is 0 Å². The van der Waals surface area contributed by atoms with Gasteiger partial charge in [-0.1, -0.05) is 37.3 Å². The van der Waals surface area contributed by atoms with Gasteiger partial charge in [-0.3, -0.25) is 9.69 Å². The molecule has 1 amide bonds. The Balaban J connectivity index is 1.91. The van der Waals surface area contributed by atoms with Crippen LogP contribution in [-0.2, 0) is 11.2 Å². The van der Waals surface area contributed by atoms with E-state index in [2.05, 4.69) is 24.5 Å². The monoisotopic (exact) mass is 272 g/mol. The van der Waals surface area contributed by atoms with Gasteiger partial charge in [0.2, 0.25) is 5.91 Å². The molecule has 0 N–H and O–H groups in total. The first-order valence-electron chi connectivity index (χ1n) is 7.36. The van der Waals surface area contributed by atoms with E-state index in [9.17, 15) is 4.79 Å². The van der Waals surface area contributed by atoms with Crippen LogP contribution in [0.4, 0.5) is 5.69 Å². The average Bonchev–Trinajstić information content (AvgIpc) is 2.86. The quantitative estimate of drug-likeness (QED) is 0.743. The molecule has 1 aliphatic rings. The predicted octanol–water partition coefficient (Wildman–Crippen LogP) is 2.86. The highest BCUT2D eigenvalue weighted by molar-refractivity contribution is 5.95. The minimum Gasteiger partial charge on any atom is -0.312 e. The molecule has 1 aromatic carbocycles. The van der Waals surface area contributed by atoms with Crippen molar-refractivity contribution in [2.24, 2.45) is 0 Å². The van der Waals surface area contributed by atoms with E-state index in [4.69, 9.17) is 0 Å². The Kier molecular flexibility index (Phi) is 4.96. The van der Waals surface area contributed by atoms with Gasteiger partial charge in [0, 0.05) is 31.7 Å². The third-order valence-electron chi connectivity index (χ3n) is 3.77. The lowest BCUT2D eigenvalue weighted by Gasteiger charge is -2.22. The van der Waals surface area contributed by atoms with Crippen LogP contribution in [0.25, 0.3) is 0 Å². The Morgan fingerprint density at radius 1 is 1.40 bits per heavy atom. The zero-order valence-electron chi connectivity index (χ0n) is 12.6. The molecule has 20 heavy (non-hydrogen) atoms. The molecule has 0 atom stereocenters. The van der Waals surface area contributed by atoms with Crippen LogP contribution in [0, 0.1) is 0 Å². The van der Waals surface area contributed by atoms with Gasteiger partial charge in [0.1, 0.15) is 0 Å². The molecule has 0 saturated heterocycles. The van der Waals surface area contributed by atoms with Crippen molar-refractivity contribution in [2.75, 3.05) is 31.1 Å². The van der Waals surface area contributed by atoms with Gasteiger partial charge in [0.25, 0.3) is 0 Å². The van der Waals surface area contributed by atoms with Crippen molar-refractivity contribution in [2.45, 2.75) is 26.7 Å². The number of hydrogen-bond acceptors (Lipinski definition) is 2. The second kappa shape index (κ2) is 6.71. The molecule has 0 fully saturated rings. The van der Waals surface area contributed by atoms with E-state index in [0.717, 1.165) is 43.9 Å². The fourth-order valence-corrected chi connectivity index (χ4v) is 2.72. The Hall–Kier alpha value is -1.61. The molecule has 2 rings (SSSR count). The summed E-state index contributed by atoms with van der Waals surface area (Å²) < 4.78 is 0. The summed E-state index contributed by atoms with van der Waals surface area (Å²) in [5.74, 6) is 0.232. The first-order valence-corrected chi connectivity index (χ1v) is 7.36. The molecule has 1 heterocycles. The number of carbonyl (C=O) groups excluding carboxylic acids is 1. The van der Waals surface area contributed by atoms with Crippen LogP contribution in [0.3, 0.4) is 0 Å². The molecule has 0 saturated carbocycles. The average molecular weight is 272 g/mol. The SMILES string of the molecule is C=C(C)CN(CC)CCC(=O)N1CCc2ccccc21. The van der Waals surface area contributed by atoms with Gasteiger partial charge in [-0.2, -0.15) is 0 Å². The van der Waals surface area contributed by atoms with Gasteiger partial charge >= 0.3 is 0 Å². The van der Waals surface area contributed by atoms with Gasteiger partial charge in [0.15, 0.2) is 0 Å². The molecule has 1 aromatic rings. The number of carbonyl (C=O) groups is 1. The molecular weight excluding hydrogens is 248 g/mol. The maximum atomic E-state index is 12.4. The summed E-state index contributed by atoms with van der Waals surface area (Å²) in [4.78, 5) is 16.6. The predicted molar refractivity (Wildman–Crippen MR) is 84.0 cm³/mol. The number of likely N-dealkylation sites (N-methyl/N-ethyl adjacent to an activating group) is 1. The van der Waals surface area contributed by atoms with Crippen molar-refractivity contribution in [1.82, 2.24) is 4.90 Å². The number of anilines is 1. The number of hydrogen-bond donors (Lipinski definition) is 0. The Bertz CT molecular complexity index is 496. The van der Waals surface area contributed by atoms with Crippen molar-refractivity contribution in [3.63, 3.8) is 0 Å². The molecule has 0 radical (unpaired) electrons. The third kappa shape index (κ3) is 3.48. The minimum atomic E-state index is 0.232. The van der Waals surface area contributed by atoms with E-state index in [1.54, 1.807) is 0 Å². The maximum absolute atomic E-state index is 12.4. The lowest BCUT2D eigenvalue weighted by atomic mass is 10.2. The first-order chi connectivity index (χ1) is 9.61. The van der Waals surface area contributed by atoms with Crippen LogP contribution in [0.5, 0.6) is 0 Å². The van der Waals surface area contributed by atoms with Crippen molar-refractivity contribution in [3.05, 3.63) is 42.0 Å². The molecule has 0 unspecified atom stereocenters. The summed E-state index contributed by atoms with van der Waals surface area (Å²) >= 11 is 0. The summed E-state index contributed by atoms with van der Waals surface area (Å²) in [5.41, 5.74) is 3.53. The lowest BCUT2D eigenvalue weighted by Crippen LogP contribution is -2.34. The van der Waals surface area contributed by atoms with Gasteiger partial charge in [0.05, 0.1) is 0 Å². The number of amides is 1. The fourth-order valence-electron chi connectivity index (χ4n) is 2.72. The fraction of sp³-hybridized carbons (Fsp3) is 0.471. The molecule has 3 heteroatoms. The molecule has 0 spiro atoms. The maximum Gasteiger partial charge on any atom is 0.228 e. The van der Waals surface area contributed by atoms with E-state index >= 15 is 0 Å². The summed E-state index contributed by atoms with van der Waals surface area (Å²) in [6.45, 7) is 11.6. The van der Waals surface area contributed by atoms with Crippen LogP contribution in [0.1, 0.15) is 25.8 Å². The highest BCUT2D eigenvalue weighted by atomic mass is 16.2. The molecular formula is C17H24N2O. The minimum absolute atomic E-state index is 0.232. The second-order valence-electron chi connectivity index (χ2n) is 5.50. The number of nitrogens with zero attached hydrogens (tertiary/aromatic N) is 2. The van der Waals surface area contributed by atoms with Crippen molar-refractivity contribution in [3.8, 4) is 0 Å². The Morgan fingerprint density at radius 3 is 2.85 bits per heavy atom. The summed E-state index contributed by atoms with van der Waals surface area (Å²) in [7, 11) is 0. The van der Waals surface area contributed by atoms with Gasteiger partial charge in [-0.25, -0.2) is 0 Å². The number of para-hydroxylation sites is 1. The van der Waals surface area contributed by atoms with E-state index in [0.29, 0.717) is 6.42 Å². The van der Waals surface area contributed by atoms with Crippen molar-refractivity contribution >= 4 is 11.6 Å². The van der Waals surface area contributed by atoms with Gasteiger partial charge in [-0.15, -0.1) is 0 Å². The lowest BCUT2D eigenvalue weighted by molar-refractivity contribution is -0.118. The van der Waals surface area contributed by atoms with Crippen LogP contribution in [0.2, 0.25) is 0 Å². The normalized spacial score (nSPS) is 13.7. The number of fused-ring (bicyclic) bond motifs is 1. The third-order valence-corrected chi connectivity index (χ3v) is 3.77. The smallest absolute Gasteiger partial charge is 0.228 e. The van der Waals surface area contributed by atoms with E-state index in [1.165, 1.54) is 5.56 Å². The number of rotatable bonds is 6. The first kappa shape index (κ1) is 14.8. The Morgan fingerprint density at radius 2 is 2.15 bits per heavy atom. The molecule has 0 bridgehead atoms. The second-order valence-corrected chi connectivity index (χ2v) is 5.50. The molecule has 0 aromatic heterocycles. The van der Waals surface area contributed by atoms with Gasteiger partial charge in [-0.05, 0) is 31.5 Å². The summed E-state index contributed by atoms with van der Waals surface area (Å²) in [5, 5.41) is 0. The standard InChI is InChI=1S/C17H24N2O/c1-4-18(13-14(2)3)11-10-17(20)19-12-9-15-7-5-6-8-16(15)19/h5-8H,2,4,9-13H2,1,3H3. The molecule has 0 aliphatic carbocycles. The number of benzene rings is 1. The highest BCUT2D eigenvalue weighted by Gasteiger charge is 2.23. The topological polar surface area (TPSA) is 23.6 Å². The van der Waals surface area contributed by atoms with E-state index in [1.807, 2.05) is 30.0 Å². The zero-order chi connectivity index (χ0) is 14.5. The molecule has 1 aliphatic heterocycles. The van der Waals surface area contributed by atoms with E-state index in [-0.39, 0.29) is 5.91 Å². The molecule has 108 valence electrons. The van der Waals surface area contributed by atoms with E-state index < -0.39 is 0 Å². The van der Waals surface area contributed by atoms with Crippen molar-refractivity contribution < 1.29 is 4.79 Å². The highest BCUT2D eigenvalue weighted by Crippen LogP contribution is 2.27. The zero-order valence-corrected chi connectivity index (χ0v) is 12.6.